The number of aromatic nitrogens is 1. The van der Waals surface area contributed by atoms with Crippen molar-refractivity contribution in [3.8, 4) is 0 Å². The monoisotopic (exact) mass is 290 g/mol. The van der Waals surface area contributed by atoms with Crippen molar-refractivity contribution in [3.05, 3.63) is 29.6 Å². The number of likely N-dealkylation sites (tertiary alicyclic amines) is 1. The number of carboxylic acid groups (broad SMARTS) is 1. The first-order valence-corrected chi connectivity index (χ1v) is 7.49. The molecule has 2 heterocycles. The van der Waals surface area contributed by atoms with Crippen LogP contribution in [0.3, 0.4) is 0 Å². The van der Waals surface area contributed by atoms with Crippen molar-refractivity contribution in [1.82, 2.24) is 9.88 Å². The van der Waals surface area contributed by atoms with E-state index in [4.69, 9.17) is 5.11 Å². The van der Waals surface area contributed by atoms with E-state index in [-0.39, 0.29) is 18.4 Å². The molecule has 1 unspecified atom stereocenters. The lowest BCUT2D eigenvalue weighted by Gasteiger charge is -2.35. The van der Waals surface area contributed by atoms with Gasteiger partial charge in [0.2, 0.25) is 5.91 Å². The number of aryl methyl sites for hydroxylation is 1. The average Bonchev–Trinajstić information content (AvgIpc) is 2.47. The molecule has 1 saturated heterocycles. The molecule has 21 heavy (non-hydrogen) atoms. The molecule has 0 aromatic carbocycles. The molecule has 0 bridgehead atoms. The number of carboxylic acids is 1. The van der Waals surface area contributed by atoms with Crippen LogP contribution in [-0.2, 0) is 16.0 Å². The van der Waals surface area contributed by atoms with Gasteiger partial charge in [0, 0.05) is 30.9 Å². The van der Waals surface area contributed by atoms with Gasteiger partial charge in [-0.1, -0.05) is 6.07 Å². The summed E-state index contributed by atoms with van der Waals surface area (Å²) in [6.07, 6.45) is 5.74. The molecular formula is C16H22N2O3. The summed E-state index contributed by atoms with van der Waals surface area (Å²) >= 11 is 0. The van der Waals surface area contributed by atoms with E-state index in [2.05, 4.69) is 4.98 Å². The van der Waals surface area contributed by atoms with Crippen molar-refractivity contribution in [3.63, 3.8) is 0 Å². The van der Waals surface area contributed by atoms with Crippen LogP contribution in [0.1, 0.15) is 43.4 Å². The molecule has 1 atom stereocenters. The third-order valence-electron chi connectivity index (χ3n) is 3.97. The van der Waals surface area contributed by atoms with E-state index >= 15 is 0 Å². The van der Waals surface area contributed by atoms with Crippen LogP contribution < -0.4 is 0 Å². The van der Waals surface area contributed by atoms with Crippen molar-refractivity contribution in [2.75, 3.05) is 6.54 Å². The minimum atomic E-state index is -0.796. The van der Waals surface area contributed by atoms with E-state index in [9.17, 15) is 9.59 Å². The van der Waals surface area contributed by atoms with Gasteiger partial charge >= 0.3 is 5.97 Å². The SMILES string of the molecule is Cc1ccc(CC(=O)N2CCCCC2CCC(=O)O)cn1. The molecule has 0 saturated carbocycles. The van der Waals surface area contributed by atoms with E-state index in [1.807, 2.05) is 24.0 Å². The quantitative estimate of drug-likeness (QED) is 0.902. The molecule has 5 heteroatoms. The topological polar surface area (TPSA) is 70.5 Å². The molecule has 1 aromatic rings. The van der Waals surface area contributed by atoms with Gasteiger partial charge in [-0.05, 0) is 44.2 Å². The summed E-state index contributed by atoms with van der Waals surface area (Å²) in [7, 11) is 0. The first-order valence-electron chi connectivity index (χ1n) is 7.49. The molecule has 114 valence electrons. The lowest BCUT2D eigenvalue weighted by Crippen LogP contribution is -2.44. The number of rotatable bonds is 5. The van der Waals surface area contributed by atoms with Crippen LogP contribution in [0.15, 0.2) is 18.3 Å². The smallest absolute Gasteiger partial charge is 0.303 e. The minimum Gasteiger partial charge on any atom is -0.481 e. The maximum Gasteiger partial charge on any atom is 0.303 e. The largest absolute Gasteiger partial charge is 0.481 e. The van der Waals surface area contributed by atoms with Gasteiger partial charge < -0.3 is 10.0 Å². The number of nitrogens with zero attached hydrogens (tertiary/aromatic N) is 2. The van der Waals surface area contributed by atoms with Gasteiger partial charge in [-0.3, -0.25) is 14.6 Å². The molecule has 0 aliphatic carbocycles. The Morgan fingerprint density at radius 1 is 1.38 bits per heavy atom. The number of hydrogen-bond acceptors (Lipinski definition) is 3. The maximum atomic E-state index is 12.5. The van der Waals surface area contributed by atoms with Crippen molar-refractivity contribution in [1.29, 1.82) is 0 Å². The lowest BCUT2D eigenvalue weighted by molar-refractivity contribution is -0.139. The number of aliphatic carboxylic acids is 1. The van der Waals surface area contributed by atoms with E-state index in [1.165, 1.54) is 0 Å². The zero-order valence-corrected chi connectivity index (χ0v) is 12.4. The fourth-order valence-corrected chi connectivity index (χ4v) is 2.80. The maximum absolute atomic E-state index is 12.5. The van der Waals surface area contributed by atoms with Gasteiger partial charge in [0.15, 0.2) is 0 Å². The number of carbonyl (C=O) groups excluding carboxylic acids is 1. The van der Waals surface area contributed by atoms with Crippen LogP contribution in [0.25, 0.3) is 0 Å². The van der Waals surface area contributed by atoms with Crippen LogP contribution in [-0.4, -0.2) is 39.5 Å². The van der Waals surface area contributed by atoms with Crippen LogP contribution in [0.2, 0.25) is 0 Å². The Kier molecular flexibility index (Phi) is 5.31. The number of piperidine rings is 1. The normalized spacial score (nSPS) is 18.5. The van der Waals surface area contributed by atoms with Crippen molar-refractivity contribution in [2.24, 2.45) is 0 Å². The highest BCUT2D eigenvalue weighted by molar-refractivity contribution is 5.79. The van der Waals surface area contributed by atoms with Crippen LogP contribution in [0.4, 0.5) is 0 Å². The Hall–Kier alpha value is -1.91. The lowest BCUT2D eigenvalue weighted by atomic mass is 9.97. The van der Waals surface area contributed by atoms with Gasteiger partial charge in [0.1, 0.15) is 0 Å². The Morgan fingerprint density at radius 2 is 2.19 bits per heavy atom. The summed E-state index contributed by atoms with van der Waals surface area (Å²) < 4.78 is 0. The third-order valence-corrected chi connectivity index (χ3v) is 3.97. The second-order valence-corrected chi connectivity index (χ2v) is 5.65. The summed E-state index contributed by atoms with van der Waals surface area (Å²) in [6.45, 7) is 2.65. The molecule has 0 spiro atoms. The van der Waals surface area contributed by atoms with E-state index in [0.29, 0.717) is 12.8 Å². The minimum absolute atomic E-state index is 0.0701. The summed E-state index contributed by atoms with van der Waals surface area (Å²) in [5.74, 6) is -0.716. The van der Waals surface area contributed by atoms with Crippen LogP contribution in [0, 0.1) is 6.92 Å². The first kappa shape index (κ1) is 15.5. The predicted octanol–water partition coefficient (Wildman–Crippen LogP) is 2.18. The van der Waals surface area contributed by atoms with Gasteiger partial charge in [0.05, 0.1) is 6.42 Å². The Morgan fingerprint density at radius 3 is 2.86 bits per heavy atom. The fraction of sp³-hybridized carbons (Fsp3) is 0.562. The molecule has 1 aliphatic heterocycles. The van der Waals surface area contributed by atoms with Crippen molar-refractivity contribution in [2.45, 2.75) is 51.5 Å². The van der Waals surface area contributed by atoms with Gasteiger partial charge in [-0.2, -0.15) is 0 Å². The molecule has 0 radical (unpaired) electrons. The van der Waals surface area contributed by atoms with Crippen molar-refractivity contribution >= 4 is 11.9 Å². The Labute approximate surface area is 125 Å². The molecule has 2 rings (SSSR count). The van der Waals surface area contributed by atoms with E-state index in [0.717, 1.165) is 37.1 Å². The second-order valence-electron chi connectivity index (χ2n) is 5.65. The number of carbonyl (C=O) groups is 2. The third kappa shape index (κ3) is 4.55. The first-order chi connectivity index (χ1) is 10.1. The number of amides is 1. The number of pyridine rings is 1. The zero-order chi connectivity index (χ0) is 15.2. The second kappa shape index (κ2) is 7.20. The molecule has 1 aliphatic rings. The molecule has 1 amide bonds. The molecule has 5 nitrogen and oxygen atoms in total. The van der Waals surface area contributed by atoms with E-state index < -0.39 is 5.97 Å². The highest BCUT2D eigenvalue weighted by atomic mass is 16.4. The van der Waals surface area contributed by atoms with Gasteiger partial charge in [-0.25, -0.2) is 0 Å². The highest BCUT2D eigenvalue weighted by Gasteiger charge is 2.26. The predicted molar refractivity (Wildman–Crippen MR) is 78.9 cm³/mol. The summed E-state index contributed by atoms with van der Waals surface area (Å²) in [4.78, 5) is 29.3. The van der Waals surface area contributed by atoms with Gasteiger partial charge in [-0.15, -0.1) is 0 Å². The number of hydrogen-bond donors (Lipinski definition) is 1. The molecule has 1 aromatic heterocycles. The average molecular weight is 290 g/mol. The summed E-state index contributed by atoms with van der Waals surface area (Å²) in [5.41, 5.74) is 1.84. The van der Waals surface area contributed by atoms with E-state index in [1.54, 1.807) is 6.20 Å². The zero-order valence-electron chi connectivity index (χ0n) is 12.4. The fourth-order valence-electron chi connectivity index (χ4n) is 2.80. The Balaban J connectivity index is 1.97. The summed E-state index contributed by atoms with van der Waals surface area (Å²) in [5, 5.41) is 8.82. The summed E-state index contributed by atoms with van der Waals surface area (Å²) in [6, 6.07) is 3.90. The van der Waals surface area contributed by atoms with Crippen LogP contribution >= 0.6 is 0 Å². The van der Waals surface area contributed by atoms with Crippen LogP contribution in [0.5, 0.6) is 0 Å². The Bertz CT molecular complexity index is 499. The molecular weight excluding hydrogens is 268 g/mol. The molecule has 1 N–H and O–H groups in total. The highest BCUT2D eigenvalue weighted by Crippen LogP contribution is 2.22. The standard InChI is InChI=1S/C16H22N2O3/c1-12-5-6-13(11-17-12)10-15(19)18-9-3-2-4-14(18)7-8-16(20)21/h5-6,11,14H,2-4,7-10H2,1H3,(H,20,21). The molecule has 1 fully saturated rings. The van der Waals surface area contributed by atoms with Gasteiger partial charge in [0.25, 0.3) is 0 Å². The van der Waals surface area contributed by atoms with Crippen molar-refractivity contribution < 1.29 is 14.7 Å².